The van der Waals surface area contributed by atoms with E-state index >= 15 is 0 Å². The molecule has 0 radical (unpaired) electrons. The largest absolute Gasteiger partial charge is 0.481 e. The number of aliphatic hydroxyl groups excluding tert-OH is 1. The summed E-state index contributed by atoms with van der Waals surface area (Å²) in [6.07, 6.45) is 9.99. The number of hydrogen-bond acceptors (Lipinski definition) is 19. The molecule has 4 aromatic rings. The molecule has 11 N–H and O–H groups in total. The van der Waals surface area contributed by atoms with Crippen LogP contribution in [0.25, 0.3) is 11.0 Å². The van der Waals surface area contributed by atoms with Crippen LogP contribution in [0.15, 0.2) is 77.2 Å². The van der Waals surface area contributed by atoms with E-state index in [0.717, 1.165) is 36.1 Å². The van der Waals surface area contributed by atoms with Gasteiger partial charge in [0, 0.05) is 103 Å². The molecule has 2 aliphatic heterocycles. The number of aliphatic imine (C=N–C) groups is 1. The number of amides is 7. The molecule has 2 fully saturated rings. The van der Waals surface area contributed by atoms with Crippen LogP contribution in [0.5, 0.6) is 0 Å². The Balaban J connectivity index is 0.844. The lowest BCUT2D eigenvalue weighted by molar-refractivity contribution is -0.148. The van der Waals surface area contributed by atoms with Crippen LogP contribution in [0.4, 0.5) is 5.82 Å². The van der Waals surface area contributed by atoms with Gasteiger partial charge in [0.2, 0.25) is 35.4 Å². The standard InChI is InChI=1S/C74H97N12O16PS2/c1-6-17-45-34-47-35-48-36-54(76-7-2)44(4)33-52(48)67(51(47)32-43(45)3)49-19-10-11-20-50(49)73(98)84(5)28-15-24-62(90)85-29-14-22-57(85)72(97)82-53(70(95)78-26-12-8-9-23-61(89)81-55(37-64(91)92)71(96)83-56(74(99)100)38-65(93)94)21-16-30-104-105-31-25-60(88)77-27-13-18-46-40-86(69-66(46)68(75)79-42-80-69)63-39-58(87)59(102-63)41-101-103/h10-11,19-20,32-34,36,40,42,52-53,55-59,63,67,87H,6-9,12,14-17,21-31,35,37-39,41,103H2,1-5H3,(H,77,88)(H,78,95)(H,81,89)(H,82,97)(H,83,96)(H,91,92)(H,93,94)(H,99,100)(H2,75,79,80)/b76-54+/t52?,53?,55?,56?,57?,58?,59-,63-,67?/m1/s1. The van der Waals surface area contributed by atoms with Gasteiger partial charge in [-0.15, -0.1) is 0 Å². The van der Waals surface area contributed by atoms with E-state index < -0.39 is 97.0 Å². The van der Waals surface area contributed by atoms with Gasteiger partial charge in [-0.3, -0.25) is 48.1 Å². The number of aryl methyl sites for hydroxylation is 2. The second-order valence-corrected chi connectivity index (χ2v) is 29.7. The number of allylic oxidation sites excluding steroid dienone is 4. The number of unbranched alkanes of at least 4 members (excludes halogenated alkanes) is 2. The van der Waals surface area contributed by atoms with E-state index in [9.17, 15) is 63.3 Å². The summed E-state index contributed by atoms with van der Waals surface area (Å²) in [7, 11) is 6.85. The van der Waals surface area contributed by atoms with Crippen molar-refractivity contribution in [2.75, 3.05) is 63.6 Å². The number of aliphatic hydroxyl groups is 1. The third-order valence-electron chi connectivity index (χ3n) is 19.0. The van der Waals surface area contributed by atoms with Crippen LogP contribution in [0.1, 0.15) is 173 Å². The number of hydrogen-bond donors (Lipinski definition) is 10. The zero-order chi connectivity index (χ0) is 75.9. The quantitative estimate of drug-likeness (QED) is 0.0105. The number of aromatic nitrogens is 3. The van der Waals surface area contributed by atoms with Crippen molar-refractivity contribution in [2.45, 2.75) is 185 Å². The van der Waals surface area contributed by atoms with Gasteiger partial charge < -0.3 is 76.4 Å². The van der Waals surface area contributed by atoms with Crippen molar-refractivity contribution in [3.05, 3.63) is 111 Å². The lowest BCUT2D eigenvalue weighted by Crippen LogP contribution is -2.53. The Labute approximate surface area is 621 Å². The molecule has 31 heteroatoms. The molecule has 4 aliphatic rings. The van der Waals surface area contributed by atoms with E-state index in [1.165, 1.54) is 55.7 Å². The summed E-state index contributed by atoms with van der Waals surface area (Å²) in [5, 5.41) is 51.7. The van der Waals surface area contributed by atoms with Crippen LogP contribution >= 0.6 is 31.1 Å². The number of rotatable bonds is 38. The topological polar surface area (TPSA) is 406 Å². The minimum Gasteiger partial charge on any atom is -0.481 e. The minimum atomic E-state index is -1.87. The fraction of sp³-hybridized carbons (Fsp3) is 0.527. The zero-order valence-electron chi connectivity index (χ0n) is 60.0. The highest BCUT2D eigenvalue weighted by atomic mass is 33.1. The van der Waals surface area contributed by atoms with Crippen molar-refractivity contribution >= 4 is 113 Å². The number of nitrogen functional groups attached to an aromatic ring is 1. The van der Waals surface area contributed by atoms with Gasteiger partial charge in [0.15, 0.2) is 0 Å². The number of carbonyl (C=O) groups excluding carboxylic acids is 7. The summed E-state index contributed by atoms with van der Waals surface area (Å²) in [4.78, 5) is 147. The van der Waals surface area contributed by atoms with Crippen LogP contribution in [0, 0.1) is 24.7 Å². The Morgan fingerprint density at radius 3 is 2.37 bits per heavy atom. The number of benzene rings is 2. The highest BCUT2D eigenvalue weighted by molar-refractivity contribution is 8.76. The fourth-order valence-electron chi connectivity index (χ4n) is 13.7. The molecule has 8 unspecified atom stereocenters. The molecule has 0 saturated carbocycles. The Kier molecular flexibility index (Phi) is 31.3. The number of carboxylic acids is 3. The minimum absolute atomic E-state index is 0.0201. The molecular formula is C74H97N12O16PS2. The summed E-state index contributed by atoms with van der Waals surface area (Å²) < 4.78 is 12.9. The molecular weight excluding hydrogens is 1410 g/mol. The molecule has 28 nitrogen and oxygen atoms in total. The van der Waals surface area contributed by atoms with Crippen molar-refractivity contribution < 1.29 is 77.6 Å². The number of anilines is 1. The summed E-state index contributed by atoms with van der Waals surface area (Å²) >= 11 is 0. The van der Waals surface area contributed by atoms with E-state index in [-0.39, 0.29) is 93.7 Å². The van der Waals surface area contributed by atoms with Gasteiger partial charge in [-0.1, -0.05) is 95.2 Å². The molecule has 7 amide bonds. The van der Waals surface area contributed by atoms with Gasteiger partial charge in [0.1, 0.15) is 54.3 Å². The second kappa shape index (κ2) is 40.1. The predicted molar refractivity (Wildman–Crippen MR) is 402 cm³/mol. The van der Waals surface area contributed by atoms with Gasteiger partial charge >= 0.3 is 17.9 Å². The van der Waals surface area contributed by atoms with Crippen molar-refractivity contribution in [1.82, 2.24) is 50.9 Å². The van der Waals surface area contributed by atoms with Crippen molar-refractivity contribution in [2.24, 2.45) is 10.9 Å². The average Bonchev–Trinajstić information content (AvgIpc) is 1.47. The van der Waals surface area contributed by atoms with Crippen molar-refractivity contribution in [3.8, 4) is 11.8 Å². The zero-order valence-corrected chi connectivity index (χ0v) is 62.8. The van der Waals surface area contributed by atoms with E-state index in [4.69, 9.17) is 25.1 Å². The maximum atomic E-state index is 14.7. The Hall–Kier alpha value is -8.72. The lowest BCUT2D eigenvalue weighted by Gasteiger charge is -2.38. The van der Waals surface area contributed by atoms with E-state index in [1.54, 1.807) is 27.6 Å². The lowest BCUT2D eigenvalue weighted by atomic mass is 9.65. The van der Waals surface area contributed by atoms with E-state index in [2.05, 4.69) is 104 Å². The second-order valence-electron chi connectivity index (χ2n) is 26.7. The van der Waals surface area contributed by atoms with E-state index in [1.807, 2.05) is 30.4 Å². The first-order valence-corrected chi connectivity index (χ1v) is 38.7. The van der Waals surface area contributed by atoms with Crippen LogP contribution in [0.2, 0.25) is 0 Å². The number of ether oxygens (including phenoxy) is 1. The maximum absolute atomic E-state index is 14.7. The molecule has 105 heavy (non-hydrogen) atoms. The van der Waals surface area contributed by atoms with Gasteiger partial charge in [0.05, 0.1) is 48.8 Å². The number of carboxylic acid groups (broad SMARTS) is 3. The highest BCUT2D eigenvalue weighted by Gasteiger charge is 2.40. The summed E-state index contributed by atoms with van der Waals surface area (Å²) in [6, 6.07) is 7.08. The van der Waals surface area contributed by atoms with Gasteiger partial charge in [-0.2, -0.15) is 0 Å². The smallest absolute Gasteiger partial charge is 0.326 e. The molecule has 2 saturated heterocycles. The Bertz CT molecular complexity index is 4010. The SMILES string of the molecule is CCCc1cc2c(cc1C)C(c1ccccc1C(=O)N(C)CCCC(=O)N1CCCC1C(=O)NC(CCCSSCCC(=O)NCC#Cc1cn([C@H]3CC(O)[C@@H](COP)O3)c3ncnc(N)c13)C(=O)NCCCCCC(=O)NC(CC(=O)O)C(=O)NC(CC(=O)O)C(=O)O)C1C=C(C)/C(=N/CC)C=C1C2. The normalized spacial score (nSPS) is 19.3. The summed E-state index contributed by atoms with van der Waals surface area (Å²) in [6.45, 7) is 10.1. The number of nitrogens with one attached hydrogen (secondary N) is 5. The number of fused-ring (bicyclic) bond motifs is 3. The number of carbonyl (C=O) groups is 10. The van der Waals surface area contributed by atoms with Crippen LogP contribution in [-0.2, 0) is 65.3 Å². The first-order valence-electron chi connectivity index (χ1n) is 35.7. The highest BCUT2D eigenvalue weighted by Crippen LogP contribution is 2.48. The van der Waals surface area contributed by atoms with Gasteiger partial charge in [0.25, 0.3) is 5.91 Å². The van der Waals surface area contributed by atoms with Crippen molar-refractivity contribution in [3.63, 3.8) is 0 Å². The maximum Gasteiger partial charge on any atom is 0.326 e. The van der Waals surface area contributed by atoms with Crippen LogP contribution < -0.4 is 32.3 Å². The first kappa shape index (κ1) is 81.9. The molecule has 0 spiro atoms. The average molecular weight is 1510 g/mol. The van der Waals surface area contributed by atoms with Crippen LogP contribution in [-0.4, -0.2) is 204 Å². The predicted octanol–water partition coefficient (Wildman–Crippen LogP) is 6.11. The molecule has 566 valence electrons. The number of nitrogens with zero attached hydrogens (tertiary/aromatic N) is 6. The fourth-order valence-corrected chi connectivity index (χ4v) is 16.0. The monoisotopic (exact) mass is 1500 g/mol. The van der Waals surface area contributed by atoms with Crippen LogP contribution in [0.3, 0.4) is 0 Å². The number of aliphatic carboxylic acids is 3. The molecule has 0 bridgehead atoms. The van der Waals surface area contributed by atoms with Gasteiger partial charge in [-0.05, 0) is 124 Å². The number of nitrogens with two attached hydrogens (primary N) is 1. The number of likely N-dealkylation sites (tertiary alicyclic amines) is 1. The first-order chi connectivity index (χ1) is 50.4. The third kappa shape index (κ3) is 22.7. The molecule has 8 rings (SSSR count). The van der Waals surface area contributed by atoms with E-state index in [0.29, 0.717) is 91.7 Å². The Morgan fingerprint density at radius 1 is 0.867 bits per heavy atom. The van der Waals surface area contributed by atoms with Gasteiger partial charge in [-0.25, -0.2) is 14.8 Å². The van der Waals surface area contributed by atoms with Crippen molar-refractivity contribution in [1.29, 1.82) is 0 Å². The molecule has 4 heterocycles. The molecule has 2 aliphatic carbocycles. The summed E-state index contributed by atoms with van der Waals surface area (Å²) in [5.41, 5.74) is 17.2. The third-order valence-corrected chi connectivity index (χ3v) is 21.7. The summed E-state index contributed by atoms with van der Waals surface area (Å²) in [5.74, 6) is -1.04. The molecule has 2 aromatic heterocycles. The molecule has 10 atom stereocenters. The Morgan fingerprint density at radius 2 is 1.63 bits per heavy atom. The molecule has 2 aromatic carbocycles.